The molecule has 0 aliphatic carbocycles. The smallest absolute Gasteiger partial charge is 0.320 e. The van der Waals surface area contributed by atoms with Crippen molar-refractivity contribution in [3.8, 4) is 0 Å². The SMILES string of the molecule is Cc1cccc(Cc2nc3c(c(=O)[nH]2)CN(C(=O)Nc2c(C(C)C)cccc2C(C)C)CC3)c1. The van der Waals surface area contributed by atoms with Crippen molar-refractivity contribution in [3.05, 3.63) is 92.2 Å². The average Bonchev–Trinajstić information content (AvgIpc) is 2.78. The number of benzene rings is 2. The number of amides is 2. The molecule has 0 saturated carbocycles. The van der Waals surface area contributed by atoms with Gasteiger partial charge in [0.15, 0.2) is 0 Å². The zero-order valence-electron chi connectivity index (χ0n) is 20.7. The zero-order valence-corrected chi connectivity index (χ0v) is 20.7. The van der Waals surface area contributed by atoms with Gasteiger partial charge >= 0.3 is 6.03 Å². The van der Waals surface area contributed by atoms with E-state index in [4.69, 9.17) is 4.98 Å². The van der Waals surface area contributed by atoms with Crippen molar-refractivity contribution in [2.75, 3.05) is 11.9 Å². The van der Waals surface area contributed by atoms with Crippen LogP contribution in [0.1, 0.15) is 78.9 Å². The molecule has 2 amide bonds. The molecule has 2 N–H and O–H groups in total. The highest BCUT2D eigenvalue weighted by atomic mass is 16.2. The Morgan fingerprint density at radius 1 is 1.09 bits per heavy atom. The summed E-state index contributed by atoms with van der Waals surface area (Å²) < 4.78 is 0. The van der Waals surface area contributed by atoms with Gasteiger partial charge in [-0.05, 0) is 35.4 Å². The van der Waals surface area contributed by atoms with Crippen LogP contribution in [0.2, 0.25) is 0 Å². The molecule has 0 atom stereocenters. The average molecular weight is 459 g/mol. The van der Waals surface area contributed by atoms with E-state index in [-0.39, 0.29) is 30.0 Å². The standard InChI is InChI=1S/C28H34N4O2/c1-17(2)21-10-7-11-22(18(3)4)26(21)31-28(34)32-13-12-24-23(16-32)27(33)30-25(29-24)15-20-9-6-8-19(5)14-20/h6-11,14,17-18H,12-13,15-16H2,1-5H3,(H,31,34)(H,29,30,33). The number of hydrogen-bond donors (Lipinski definition) is 2. The van der Waals surface area contributed by atoms with Crippen LogP contribution < -0.4 is 10.9 Å². The van der Waals surface area contributed by atoms with Crippen molar-refractivity contribution in [2.24, 2.45) is 0 Å². The van der Waals surface area contributed by atoms with Gasteiger partial charge in [-0.25, -0.2) is 9.78 Å². The molecule has 1 aliphatic heterocycles. The first-order chi connectivity index (χ1) is 16.2. The molecule has 0 fully saturated rings. The van der Waals surface area contributed by atoms with E-state index in [1.54, 1.807) is 4.90 Å². The number of fused-ring (bicyclic) bond motifs is 1. The molecule has 4 rings (SSSR count). The summed E-state index contributed by atoms with van der Waals surface area (Å²) in [6, 6.07) is 14.2. The Hall–Kier alpha value is -3.41. The number of nitrogens with one attached hydrogen (secondary N) is 2. The van der Waals surface area contributed by atoms with Crippen molar-refractivity contribution in [2.45, 2.75) is 65.8 Å². The number of hydrogen-bond acceptors (Lipinski definition) is 3. The van der Waals surface area contributed by atoms with Gasteiger partial charge in [0.25, 0.3) is 5.56 Å². The van der Waals surface area contributed by atoms with Gasteiger partial charge in [-0.1, -0.05) is 75.7 Å². The van der Waals surface area contributed by atoms with Gasteiger partial charge in [-0.2, -0.15) is 0 Å². The number of aryl methyl sites for hydroxylation is 1. The van der Waals surface area contributed by atoms with Gasteiger partial charge < -0.3 is 15.2 Å². The minimum Gasteiger partial charge on any atom is -0.320 e. The fourth-order valence-electron chi connectivity index (χ4n) is 4.63. The summed E-state index contributed by atoms with van der Waals surface area (Å²) in [5, 5.41) is 3.17. The monoisotopic (exact) mass is 458 g/mol. The second-order valence-corrected chi connectivity index (χ2v) is 9.83. The first-order valence-electron chi connectivity index (χ1n) is 12.1. The first kappa shape index (κ1) is 23.7. The Morgan fingerprint density at radius 2 is 1.76 bits per heavy atom. The predicted molar refractivity (Wildman–Crippen MR) is 137 cm³/mol. The number of H-pyrrole nitrogens is 1. The summed E-state index contributed by atoms with van der Waals surface area (Å²) in [4.78, 5) is 35.5. The molecule has 3 aromatic rings. The molecule has 2 aromatic carbocycles. The van der Waals surface area contributed by atoms with Crippen LogP contribution in [-0.2, 0) is 19.4 Å². The van der Waals surface area contributed by atoms with Gasteiger partial charge in [0.2, 0.25) is 0 Å². The van der Waals surface area contributed by atoms with Crippen LogP contribution in [0.5, 0.6) is 0 Å². The molecular weight excluding hydrogens is 424 g/mol. The van der Waals surface area contributed by atoms with Crippen LogP contribution >= 0.6 is 0 Å². The van der Waals surface area contributed by atoms with Gasteiger partial charge in [0.05, 0.1) is 17.8 Å². The Bertz CT molecular complexity index is 1230. The number of carbonyl (C=O) groups is 1. The molecule has 0 bridgehead atoms. The van der Waals surface area contributed by atoms with Crippen molar-refractivity contribution >= 4 is 11.7 Å². The van der Waals surface area contributed by atoms with E-state index >= 15 is 0 Å². The van der Waals surface area contributed by atoms with E-state index in [0.29, 0.717) is 30.8 Å². The van der Waals surface area contributed by atoms with E-state index in [9.17, 15) is 9.59 Å². The Balaban J connectivity index is 1.54. The van der Waals surface area contributed by atoms with Crippen LogP contribution in [0.4, 0.5) is 10.5 Å². The van der Waals surface area contributed by atoms with Crippen molar-refractivity contribution in [1.82, 2.24) is 14.9 Å². The maximum absolute atomic E-state index is 13.3. The van der Waals surface area contributed by atoms with Crippen LogP contribution in [0.25, 0.3) is 0 Å². The molecule has 1 aliphatic rings. The molecule has 6 nitrogen and oxygen atoms in total. The Labute approximate surface area is 201 Å². The molecule has 0 saturated heterocycles. The predicted octanol–water partition coefficient (Wildman–Crippen LogP) is 5.51. The van der Waals surface area contributed by atoms with Gasteiger partial charge in [-0.3, -0.25) is 4.79 Å². The lowest BCUT2D eigenvalue weighted by Gasteiger charge is -2.29. The number of para-hydroxylation sites is 1. The number of anilines is 1. The van der Waals surface area contributed by atoms with Gasteiger partial charge in [0.1, 0.15) is 5.82 Å². The number of urea groups is 1. The van der Waals surface area contributed by atoms with E-state index in [1.807, 2.05) is 12.1 Å². The lowest BCUT2D eigenvalue weighted by Crippen LogP contribution is -2.42. The van der Waals surface area contributed by atoms with Crippen LogP contribution in [-0.4, -0.2) is 27.4 Å². The highest BCUT2D eigenvalue weighted by Crippen LogP contribution is 2.32. The molecule has 6 heteroatoms. The molecular formula is C28H34N4O2. The Morgan fingerprint density at radius 3 is 2.41 bits per heavy atom. The third kappa shape index (κ3) is 5.06. The summed E-state index contributed by atoms with van der Waals surface area (Å²) in [6.45, 7) is 11.4. The number of aromatic amines is 1. The molecule has 0 spiro atoms. The summed E-state index contributed by atoms with van der Waals surface area (Å²) in [5.74, 6) is 1.24. The summed E-state index contributed by atoms with van der Waals surface area (Å²) >= 11 is 0. The minimum atomic E-state index is -0.177. The normalized spacial score (nSPS) is 13.3. The first-order valence-corrected chi connectivity index (χ1v) is 12.1. The largest absolute Gasteiger partial charge is 0.322 e. The van der Waals surface area contributed by atoms with Crippen LogP contribution in [0.3, 0.4) is 0 Å². The summed E-state index contributed by atoms with van der Waals surface area (Å²) in [6.07, 6.45) is 1.15. The highest BCUT2D eigenvalue weighted by molar-refractivity contribution is 5.91. The zero-order chi connectivity index (χ0) is 24.4. The van der Waals surface area contributed by atoms with E-state index in [0.717, 1.165) is 28.1 Å². The van der Waals surface area contributed by atoms with E-state index in [2.05, 4.69) is 75.3 Å². The van der Waals surface area contributed by atoms with Crippen LogP contribution in [0, 0.1) is 6.92 Å². The summed E-state index contributed by atoms with van der Waals surface area (Å²) in [7, 11) is 0. The van der Waals surface area contributed by atoms with Gasteiger partial charge in [0, 0.05) is 25.1 Å². The van der Waals surface area contributed by atoms with Crippen molar-refractivity contribution in [1.29, 1.82) is 0 Å². The lowest BCUT2D eigenvalue weighted by molar-refractivity contribution is 0.205. The van der Waals surface area contributed by atoms with Gasteiger partial charge in [-0.15, -0.1) is 0 Å². The molecule has 0 radical (unpaired) electrons. The maximum Gasteiger partial charge on any atom is 0.322 e. The molecule has 0 unspecified atom stereocenters. The maximum atomic E-state index is 13.3. The van der Waals surface area contributed by atoms with E-state index < -0.39 is 0 Å². The molecule has 34 heavy (non-hydrogen) atoms. The second kappa shape index (κ2) is 9.84. The third-order valence-corrected chi connectivity index (χ3v) is 6.46. The number of rotatable bonds is 5. The van der Waals surface area contributed by atoms with E-state index in [1.165, 1.54) is 5.56 Å². The quantitative estimate of drug-likeness (QED) is 0.529. The van der Waals surface area contributed by atoms with Crippen molar-refractivity contribution in [3.63, 3.8) is 0 Å². The molecule has 1 aromatic heterocycles. The fourth-order valence-corrected chi connectivity index (χ4v) is 4.63. The fraction of sp³-hybridized carbons (Fsp3) is 0.393. The van der Waals surface area contributed by atoms with Crippen LogP contribution in [0.15, 0.2) is 47.3 Å². The molecule has 2 heterocycles. The lowest BCUT2D eigenvalue weighted by atomic mass is 9.92. The highest BCUT2D eigenvalue weighted by Gasteiger charge is 2.26. The number of carbonyl (C=O) groups excluding carboxylic acids is 1. The minimum absolute atomic E-state index is 0.157. The van der Waals surface area contributed by atoms with Crippen molar-refractivity contribution < 1.29 is 4.79 Å². The second-order valence-electron chi connectivity index (χ2n) is 9.83. The third-order valence-electron chi connectivity index (χ3n) is 6.46. The topological polar surface area (TPSA) is 78.1 Å². The number of nitrogens with zero attached hydrogens (tertiary/aromatic N) is 2. The Kier molecular flexibility index (Phi) is 6.87. The molecule has 178 valence electrons. The summed E-state index contributed by atoms with van der Waals surface area (Å²) in [5.41, 5.74) is 6.65. The number of aromatic nitrogens is 2.